The number of hydrogen-bond donors (Lipinski definition) is 1. The first-order valence-corrected chi connectivity index (χ1v) is 10.5. The van der Waals surface area contributed by atoms with E-state index in [9.17, 15) is 0 Å². The van der Waals surface area contributed by atoms with Gasteiger partial charge in [-0.05, 0) is 57.1 Å². The number of nitrogens with zero attached hydrogens (tertiary/aromatic N) is 2. The van der Waals surface area contributed by atoms with Crippen LogP contribution in [0.25, 0.3) is 10.6 Å². The van der Waals surface area contributed by atoms with Crippen LogP contribution in [0.5, 0.6) is 11.5 Å². The zero-order valence-electron chi connectivity index (χ0n) is 15.4. The minimum absolute atomic E-state index is 0.309. The van der Waals surface area contributed by atoms with Gasteiger partial charge in [0, 0.05) is 23.5 Å². The molecule has 26 heavy (non-hydrogen) atoms. The number of rotatable bonds is 7. The Kier molecular flexibility index (Phi) is 5.72. The second-order valence-corrected chi connectivity index (χ2v) is 7.92. The van der Waals surface area contributed by atoms with Gasteiger partial charge in [-0.3, -0.25) is 0 Å². The van der Waals surface area contributed by atoms with E-state index >= 15 is 0 Å². The van der Waals surface area contributed by atoms with Crippen LogP contribution in [0.4, 0.5) is 0 Å². The molecule has 1 N–H and O–H groups in total. The van der Waals surface area contributed by atoms with Crippen molar-refractivity contribution in [3.63, 3.8) is 0 Å². The number of benzene rings is 1. The minimum atomic E-state index is 0.309. The van der Waals surface area contributed by atoms with Crippen LogP contribution >= 0.6 is 11.3 Å². The van der Waals surface area contributed by atoms with Crippen molar-refractivity contribution in [3.8, 4) is 22.1 Å². The average Bonchev–Trinajstić information content (AvgIpc) is 3.34. The number of likely N-dealkylation sites (tertiary alicyclic amines) is 1. The predicted octanol–water partition coefficient (Wildman–Crippen LogP) is 3.89. The van der Waals surface area contributed by atoms with Gasteiger partial charge in [0.2, 0.25) is 6.79 Å². The van der Waals surface area contributed by atoms with Gasteiger partial charge in [-0.2, -0.15) is 0 Å². The Morgan fingerprint density at radius 1 is 1.23 bits per heavy atom. The Balaban J connectivity index is 1.28. The molecular weight excluding hydrogens is 346 g/mol. The van der Waals surface area contributed by atoms with E-state index in [1.807, 2.05) is 12.1 Å². The topological polar surface area (TPSA) is 46.6 Å². The highest BCUT2D eigenvalue weighted by Gasteiger charge is 2.19. The Morgan fingerprint density at radius 3 is 2.92 bits per heavy atom. The summed E-state index contributed by atoms with van der Waals surface area (Å²) in [5.41, 5.74) is 2.21. The lowest BCUT2D eigenvalue weighted by atomic mass is 10.0. The normalized spacial score (nSPS) is 17.7. The van der Waals surface area contributed by atoms with Gasteiger partial charge in [0.1, 0.15) is 5.01 Å². The van der Waals surface area contributed by atoms with E-state index in [0.29, 0.717) is 12.8 Å². The molecule has 1 saturated heterocycles. The van der Waals surface area contributed by atoms with Gasteiger partial charge in [0.25, 0.3) is 0 Å². The highest BCUT2D eigenvalue weighted by atomic mass is 32.1. The lowest BCUT2D eigenvalue weighted by Gasteiger charge is -2.32. The monoisotopic (exact) mass is 373 g/mol. The number of piperidine rings is 1. The fourth-order valence-corrected chi connectivity index (χ4v) is 4.36. The maximum absolute atomic E-state index is 5.47. The lowest BCUT2D eigenvalue weighted by Crippen LogP contribution is -2.42. The molecule has 1 aromatic heterocycles. The molecule has 0 radical (unpaired) electrons. The molecule has 4 rings (SSSR count). The first-order chi connectivity index (χ1) is 12.8. The summed E-state index contributed by atoms with van der Waals surface area (Å²) in [4.78, 5) is 7.39. The molecule has 0 unspecified atom stereocenters. The number of ether oxygens (including phenoxy) is 2. The summed E-state index contributed by atoms with van der Waals surface area (Å²) in [7, 11) is 0. The third kappa shape index (κ3) is 4.19. The lowest BCUT2D eigenvalue weighted by molar-refractivity contribution is 0.174. The van der Waals surface area contributed by atoms with Gasteiger partial charge >= 0.3 is 0 Å². The fourth-order valence-electron chi connectivity index (χ4n) is 3.54. The summed E-state index contributed by atoms with van der Waals surface area (Å²) >= 11 is 1.69. The molecule has 0 spiro atoms. The summed E-state index contributed by atoms with van der Waals surface area (Å²) in [6, 6.07) is 6.65. The van der Waals surface area contributed by atoms with Gasteiger partial charge < -0.3 is 19.7 Å². The zero-order chi connectivity index (χ0) is 17.8. The molecule has 0 bridgehead atoms. The SMILES string of the molecule is CCCCN1CCC(NCc2csc(-c3ccc4c(c3)OCO4)n2)CC1. The molecular formula is C20H27N3O2S. The molecule has 0 amide bonds. The van der Waals surface area contributed by atoms with Crippen molar-refractivity contribution in [2.75, 3.05) is 26.4 Å². The highest BCUT2D eigenvalue weighted by molar-refractivity contribution is 7.13. The first kappa shape index (κ1) is 17.8. The van der Waals surface area contributed by atoms with Crippen LogP contribution in [0, 0.1) is 0 Å². The van der Waals surface area contributed by atoms with Crippen molar-refractivity contribution < 1.29 is 9.47 Å². The van der Waals surface area contributed by atoms with Crippen molar-refractivity contribution in [2.24, 2.45) is 0 Å². The van der Waals surface area contributed by atoms with Gasteiger partial charge in [-0.1, -0.05) is 13.3 Å². The maximum Gasteiger partial charge on any atom is 0.231 e. The van der Waals surface area contributed by atoms with Crippen LogP contribution in [0.1, 0.15) is 38.3 Å². The maximum atomic E-state index is 5.47. The van der Waals surface area contributed by atoms with Gasteiger partial charge in [-0.15, -0.1) is 11.3 Å². The molecule has 0 aliphatic carbocycles. The number of unbranched alkanes of at least 4 members (excludes halogenated alkanes) is 1. The van der Waals surface area contributed by atoms with Crippen molar-refractivity contribution in [3.05, 3.63) is 29.3 Å². The molecule has 0 saturated carbocycles. The Hall–Kier alpha value is -1.63. The summed E-state index contributed by atoms with van der Waals surface area (Å²) < 4.78 is 10.8. The number of nitrogens with one attached hydrogen (secondary N) is 1. The number of thiazole rings is 1. The van der Waals surface area contributed by atoms with E-state index in [2.05, 4.69) is 28.6 Å². The van der Waals surface area contributed by atoms with Crippen molar-refractivity contribution in [1.82, 2.24) is 15.2 Å². The summed E-state index contributed by atoms with van der Waals surface area (Å²) in [6.07, 6.45) is 5.08. The van der Waals surface area contributed by atoms with E-state index in [4.69, 9.17) is 14.5 Å². The van der Waals surface area contributed by atoms with Gasteiger partial charge in [0.15, 0.2) is 11.5 Å². The average molecular weight is 374 g/mol. The largest absolute Gasteiger partial charge is 0.454 e. The summed E-state index contributed by atoms with van der Waals surface area (Å²) in [5, 5.41) is 6.89. The predicted molar refractivity (Wildman–Crippen MR) is 105 cm³/mol. The van der Waals surface area contributed by atoms with Crippen molar-refractivity contribution >= 4 is 11.3 Å². The number of aromatic nitrogens is 1. The smallest absolute Gasteiger partial charge is 0.231 e. The molecule has 140 valence electrons. The van der Waals surface area contributed by atoms with Crippen LogP contribution < -0.4 is 14.8 Å². The molecule has 2 aromatic rings. The molecule has 1 aromatic carbocycles. The molecule has 6 heteroatoms. The summed E-state index contributed by atoms with van der Waals surface area (Å²) in [5.74, 6) is 1.63. The van der Waals surface area contributed by atoms with E-state index in [1.54, 1.807) is 11.3 Å². The van der Waals surface area contributed by atoms with Crippen LogP contribution in [-0.2, 0) is 6.54 Å². The van der Waals surface area contributed by atoms with Gasteiger partial charge in [-0.25, -0.2) is 4.98 Å². The second-order valence-electron chi connectivity index (χ2n) is 7.06. The molecule has 1 fully saturated rings. The van der Waals surface area contributed by atoms with E-state index in [-0.39, 0.29) is 0 Å². The van der Waals surface area contributed by atoms with Crippen LogP contribution in [0.3, 0.4) is 0 Å². The van der Waals surface area contributed by atoms with Gasteiger partial charge in [0.05, 0.1) is 5.69 Å². The van der Waals surface area contributed by atoms with Crippen molar-refractivity contribution in [1.29, 1.82) is 0 Å². The third-order valence-corrected chi connectivity index (χ3v) is 6.10. The Morgan fingerprint density at radius 2 is 2.08 bits per heavy atom. The van der Waals surface area contributed by atoms with E-state index < -0.39 is 0 Å². The summed E-state index contributed by atoms with van der Waals surface area (Å²) in [6.45, 7) is 7.12. The standard InChI is InChI=1S/C20H27N3O2S/c1-2-3-8-23-9-6-16(7-10-23)21-12-17-13-26-20(22-17)15-4-5-18-19(11-15)25-14-24-18/h4-5,11,13,16,21H,2-3,6-10,12,14H2,1H3. The highest BCUT2D eigenvalue weighted by Crippen LogP contribution is 2.36. The Bertz CT molecular complexity index is 726. The molecule has 0 atom stereocenters. The Labute approximate surface area is 159 Å². The van der Waals surface area contributed by atoms with Crippen LogP contribution in [-0.4, -0.2) is 42.4 Å². The molecule has 5 nitrogen and oxygen atoms in total. The minimum Gasteiger partial charge on any atom is -0.454 e. The van der Waals surface area contributed by atoms with Crippen LogP contribution in [0.2, 0.25) is 0 Å². The van der Waals surface area contributed by atoms with Crippen LogP contribution in [0.15, 0.2) is 23.6 Å². The first-order valence-electron chi connectivity index (χ1n) is 9.62. The molecule has 2 aliphatic heterocycles. The number of hydrogen-bond acceptors (Lipinski definition) is 6. The third-order valence-electron chi connectivity index (χ3n) is 5.16. The molecule has 2 aliphatic rings. The molecule has 3 heterocycles. The quantitative estimate of drug-likeness (QED) is 0.798. The van der Waals surface area contributed by atoms with E-state index in [0.717, 1.165) is 34.3 Å². The fraction of sp³-hybridized carbons (Fsp3) is 0.550. The van der Waals surface area contributed by atoms with E-state index in [1.165, 1.54) is 45.3 Å². The van der Waals surface area contributed by atoms with Crippen molar-refractivity contribution in [2.45, 2.75) is 45.2 Å². The number of fused-ring (bicyclic) bond motifs is 1. The zero-order valence-corrected chi connectivity index (χ0v) is 16.2. The second kappa shape index (κ2) is 8.37.